The maximum absolute atomic E-state index is 12.4. The van der Waals surface area contributed by atoms with E-state index in [0.717, 1.165) is 5.56 Å². The fraction of sp³-hybridized carbons (Fsp3) is 0.467. The first kappa shape index (κ1) is 16.5. The Bertz CT molecular complexity index is 494. The molecule has 0 aromatic heterocycles. The highest BCUT2D eigenvalue weighted by Crippen LogP contribution is 2.26. The van der Waals surface area contributed by atoms with Crippen LogP contribution >= 0.6 is 11.6 Å². The predicted molar refractivity (Wildman–Crippen MR) is 78.9 cm³/mol. The van der Waals surface area contributed by atoms with Crippen LogP contribution in [0.5, 0.6) is 0 Å². The summed E-state index contributed by atoms with van der Waals surface area (Å²) in [5, 5.41) is 12.3. The van der Waals surface area contributed by atoms with Crippen molar-refractivity contribution in [3.05, 3.63) is 34.9 Å². The summed E-state index contributed by atoms with van der Waals surface area (Å²) in [5.41, 5.74) is -0.473. The molecule has 5 heteroatoms. The van der Waals surface area contributed by atoms with E-state index in [-0.39, 0.29) is 11.8 Å². The van der Waals surface area contributed by atoms with E-state index in [9.17, 15) is 9.59 Å². The molecular formula is C15H20ClNO3. The average Bonchev–Trinajstić information content (AvgIpc) is 2.30. The van der Waals surface area contributed by atoms with Crippen molar-refractivity contribution in [2.45, 2.75) is 39.2 Å². The molecule has 0 radical (unpaired) electrons. The molecule has 0 aliphatic heterocycles. The van der Waals surface area contributed by atoms with Crippen LogP contribution in [0.25, 0.3) is 0 Å². The normalized spacial score (nSPS) is 13.1. The first-order chi connectivity index (χ1) is 9.15. The van der Waals surface area contributed by atoms with Gasteiger partial charge in [0.25, 0.3) is 0 Å². The molecule has 1 amide bonds. The van der Waals surface area contributed by atoms with Gasteiger partial charge in [-0.15, -0.1) is 0 Å². The fourth-order valence-electron chi connectivity index (χ4n) is 1.95. The number of hydrogen-bond donors (Lipinski definition) is 2. The van der Waals surface area contributed by atoms with E-state index in [1.54, 1.807) is 24.3 Å². The van der Waals surface area contributed by atoms with Crippen molar-refractivity contribution in [2.24, 2.45) is 5.92 Å². The van der Waals surface area contributed by atoms with Crippen LogP contribution in [-0.4, -0.2) is 22.5 Å². The van der Waals surface area contributed by atoms with Crippen molar-refractivity contribution in [1.29, 1.82) is 0 Å². The Hall–Kier alpha value is -1.55. The van der Waals surface area contributed by atoms with Crippen LogP contribution < -0.4 is 5.32 Å². The van der Waals surface area contributed by atoms with Crippen LogP contribution in [0.1, 0.15) is 39.2 Å². The van der Waals surface area contributed by atoms with E-state index in [0.29, 0.717) is 5.02 Å². The summed E-state index contributed by atoms with van der Waals surface area (Å²) in [6.45, 7) is 6.78. The van der Waals surface area contributed by atoms with Crippen molar-refractivity contribution >= 4 is 23.5 Å². The quantitative estimate of drug-likeness (QED) is 0.878. The zero-order valence-corrected chi connectivity index (χ0v) is 12.9. The van der Waals surface area contributed by atoms with Crippen LogP contribution in [0.15, 0.2) is 24.3 Å². The molecule has 0 fully saturated rings. The molecule has 1 aromatic carbocycles. The minimum absolute atomic E-state index is 0.0424. The van der Waals surface area contributed by atoms with Gasteiger partial charge in [0.05, 0.1) is 5.92 Å². The lowest BCUT2D eigenvalue weighted by molar-refractivity contribution is -0.146. The van der Waals surface area contributed by atoms with Gasteiger partial charge < -0.3 is 10.4 Å². The third-order valence-electron chi connectivity index (χ3n) is 3.15. The molecule has 0 saturated carbocycles. The van der Waals surface area contributed by atoms with E-state index in [1.165, 1.54) is 13.8 Å². The number of carboxylic acids is 1. The molecule has 2 N–H and O–H groups in total. The Morgan fingerprint density at radius 3 is 2.10 bits per heavy atom. The second-order valence-corrected chi connectivity index (χ2v) is 6.13. The second-order valence-electron chi connectivity index (χ2n) is 5.69. The lowest BCUT2D eigenvalue weighted by atomic mass is 9.87. The number of aliphatic carboxylic acids is 1. The van der Waals surface area contributed by atoms with Crippen molar-refractivity contribution < 1.29 is 14.7 Å². The highest BCUT2D eigenvalue weighted by Gasteiger charge is 2.33. The number of carbonyl (C=O) groups is 2. The van der Waals surface area contributed by atoms with Gasteiger partial charge in [-0.2, -0.15) is 0 Å². The molecular weight excluding hydrogens is 278 g/mol. The minimum Gasteiger partial charge on any atom is -0.480 e. The molecule has 0 saturated heterocycles. The zero-order valence-electron chi connectivity index (χ0n) is 12.1. The molecule has 0 bridgehead atoms. The highest BCUT2D eigenvalue weighted by atomic mass is 35.5. The Labute approximate surface area is 124 Å². The number of nitrogens with one attached hydrogen (secondary N) is 1. The van der Waals surface area contributed by atoms with E-state index >= 15 is 0 Å². The lowest BCUT2D eigenvalue weighted by Crippen LogP contribution is -2.51. The molecule has 0 spiro atoms. The highest BCUT2D eigenvalue weighted by molar-refractivity contribution is 6.30. The number of benzene rings is 1. The van der Waals surface area contributed by atoms with Crippen molar-refractivity contribution in [3.8, 4) is 0 Å². The molecule has 0 heterocycles. The summed E-state index contributed by atoms with van der Waals surface area (Å²) in [6, 6.07) is 7.03. The van der Waals surface area contributed by atoms with Crippen molar-refractivity contribution in [2.75, 3.05) is 0 Å². The summed E-state index contributed by atoms with van der Waals surface area (Å²) in [7, 11) is 0. The van der Waals surface area contributed by atoms with E-state index in [2.05, 4.69) is 5.32 Å². The number of hydrogen-bond acceptors (Lipinski definition) is 2. The maximum atomic E-state index is 12.4. The maximum Gasteiger partial charge on any atom is 0.328 e. The number of carboxylic acid groups (broad SMARTS) is 1. The van der Waals surface area contributed by atoms with Gasteiger partial charge in [-0.3, -0.25) is 4.79 Å². The zero-order chi connectivity index (χ0) is 15.5. The summed E-state index contributed by atoms with van der Waals surface area (Å²) < 4.78 is 0. The van der Waals surface area contributed by atoms with Gasteiger partial charge in [-0.1, -0.05) is 37.6 Å². The first-order valence-electron chi connectivity index (χ1n) is 6.46. The predicted octanol–water partition coefficient (Wildman–Crippen LogP) is 3.06. The monoisotopic (exact) mass is 297 g/mol. The Balaban J connectivity index is 3.00. The lowest BCUT2D eigenvalue weighted by Gasteiger charge is -2.27. The summed E-state index contributed by atoms with van der Waals surface area (Å²) in [6.07, 6.45) is 0. The van der Waals surface area contributed by atoms with E-state index in [4.69, 9.17) is 16.7 Å². The largest absolute Gasteiger partial charge is 0.480 e. The molecule has 1 unspecified atom stereocenters. The van der Waals surface area contributed by atoms with Gasteiger partial charge in [-0.25, -0.2) is 4.79 Å². The van der Waals surface area contributed by atoms with Gasteiger partial charge >= 0.3 is 5.97 Å². The van der Waals surface area contributed by atoms with E-state index < -0.39 is 17.4 Å². The van der Waals surface area contributed by atoms with Gasteiger partial charge in [0, 0.05) is 5.02 Å². The van der Waals surface area contributed by atoms with Crippen LogP contribution in [0.3, 0.4) is 0 Å². The molecule has 1 atom stereocenters. The molecule has 1 aromatic rings. The summed E-state index contributed by atoms with van der Waals surface area (Å²) in [5.74, 6) is -1.73. The standard InChI is InChI=1S/C15H20ClNO3/c1-9(2)12(10-5-7-11(16)8-6-10)13(18)17-15(3,4)14(19)20/h5-9,12H,1-4H3,(H,17,18)(H,19,20). The van der Waals surface area contributed by atoms with Gasteiger partial charge in [0.15, 0.2) is 0 Å². The topological polar surface area (TPSA) is 66.4 Å². The van der Waals surface area contributed by atoms with Crippen LogP contribution in [0.2, 0.25) is 5.02 Å². The van der Waals surface area contributed by atoms with Gasteiger partial charge in [0.2, 0.25) is 5.91 Å². The number of halogens is 1. The molecule has 0 aliphatic rings. The molecule has 4 nitrogen and oxygen atoms in total. The van der Waals surface area contributed by atoms with Crippen LogP contribution in [0, 0.1) is 5.92 Å². The second kappa shape index (κ2) is 6.27. The van der Waals surface area contributed by atoms with Crippen LogP contribution in [0.4, 0.5) is 0 Å². The number of carbonyl (C=O) groups excluding carboxylic acids is 1. The van der Waals surface area contributed by atoms with Crippen molar-refractivity contribution in [3.63, 3.8) is 0 Å². The number of amides is 1. The average molecular weight is 298 g/mol. The summed E-state index contributed by atoms with van der Waals surface area (Å²) in [4.78, 5) is 23.5. The van der Waals surface area contributed by atoms with Crippen LogP contribution in [-0.2, 0) is 9.59 Å². The van der Waals surface area contributed by atoms with Crippen molar-refractivity contribution in [1.82, 2.24) is 5.32 Å². The smallest absolute Gasteiger partial charge is 0.328 e. The molecule has 0 aliphatic carbocycles. The summed E-state index contributed by atoms with van der Waals surface area (Å²) >= 11 is 5.85. The molecule has 1 rings (SSSR count). The third-order valence-corrected chi connectivity index (χ3v) is 3.40. The SMILES string of the molecule is CC(C)C(C(=O)NC(C)(C)C(=O)O)c1ccc(Cl)cc1. The molecule has 110 valence electrons. The minimum atomic E-state index is -1.29. The first-order valence-corrected chi connectivity index (χ1v) is 6.84. The van der Waals surface area contributed by atoms with Gasteiger partial charge in [-0.05, 0) is 37.5 Å². The number of rotatable bonds is 5. The third kappa shape index (κ3) is 3.97. The molecule has 20 heavy (non-hydrogen) atoms. The van der Waals surface area contributed by atoms with E-state index in [1.807, 2.05) is 13.8 Å². The Morgan fingerprint density at radius 2 is 1.70 bits per heavy atom. The Kier molecular flexibility index (Phi) is 5.17. The Morgan fingerprint density at radius 1 is 1.20 bits per heavy atom. The fourth-order valence-corrected chi connectivity index (χ4v) is 2.07. The van der Waals surface area contributed by atoms with Gasteiger partial charge in [0.1, 0.15) is 5.54 Å².